The molecule has 3 N–H and O–H groups in total. The molecule has 0 rings (SSSR count). The Hall–Kier alpha value is -0.120. The molecule has 0 bridgehead atoms. The van der Waals surface area contributed by atoms with Crippen molar-refractivity contribution < 1.29 is 9.84 Å². The van der Waals surface area contributed by atoms with Gasteiger partial charge in [0.1, 0.15) is 0 Å². The molecule has 0 radical (unpaired) electrons. The van der Waals surface area contributed by atoms with Crippen molar-refractivity contribution >= 4 is 0 Å². The smallest absolute Gasteiger partial charge is 0.0895 e. The Morgan fingerprint density at radius 2 is 2.43 bits per heavy atom. The average molecular weight is 105 g/mol. The van der Waals surface area contributed by atoms with Gasteiger partial charge in [0.15, 0.2) is 0 Å². The number of aliphatic hydroxyl groups excluding tert-OH is 1. The van der Waals surface area contributed by atoms with E-state index in [1.165, 1.54) is 7.11 Å². The Bertz CT molecular complexity index is 40.7. The lowest BCUT2D eigenvalue weighted by molar-refractivity contribution is 0.0702. The van der Waals surface area contributed by atoms with E-state index in [2.05, 4.69) is 4.74 Å². The standard InChI is InChI=1S/C4H11NO2/c1-7-3-4(6)2-5/h4,6H,2-3,5H2,1H3/t4-/m1/s1. The van der Waals surface area contributed by atoms with Gasteiger partial charge in [-0.1, -0.05) is 0 Å². The summed E-state index contributed by atoms with van der Waals surface area (Å²) in [6, 6.07) is 0. The van der Waals surface area contributed by atoms with Gasteiger partial charge in [-0.05, 0) is 0 Å². The normalized spacial score (nSPS) is 14.1. The first-order valence-corrected chi connectivity index (χ1v) is 2.18. The fraction of sp³-hybridized carbons (Fsp3) is 1.00. The van der Waals surface area contributed by atoms with Crippen LogP contribution in [0.1, 0.15) is 0 Å². The van der Waals surface area contributed by atoms with Gasteiger partial charge < -0.3 is 15.6 Å². The molecule has 3 nitrogen and oxygen atoms in total. The summed E-state index contributed by atoms with van der Waals surface area (Å²) in [5, 5.41) is 8.61. The highest BCUT2D eigenvalue weighted by Gasteiger charge is 1.95. The Labute approximate surface area is 43.1 Å². The summed E-state index contributed by atoms with van der Waals surface area (Å²) in [7, 11) is 1.53. The molecule has 0 aliphatic rings. The third kappa shape index (κ3) is 3.72. The monoisotopic (exact) mass is 105 g/mol. The molecule has 0 aliphatic heterocycles. The zero-order valence-electron chi connectivity index (χ0n) is 4.42. The molecule has 0 unspecified atom stereocenters. The first kappa shape index (κ1) is 6.88. The van der Waals surface area contributed by atoms with Crippen molar-refractivity contribution in [2.75, 3.05) is 20.3 Å². The second kappa shape index (κ2) is 4.05. The van der Waals surface area contributed by atoms with Crippen LogP contribution in [0.15, 0.2) is 0 Å². The quantitative estimate of drug-likeness (QED) is 0.481. The maximum atomic E-state index is 8.61. The molecule has 0 aromatic heterocycles. The first-order valence-electron chi connectivity index (χ1n) is 2.18. The van der Waals surface area contributed by atoms with Gasteiger partial charge in [0.05, 0.1) is 12.7 Å². The molecule has 0 aromatic carbocycles. The fourth-order valence-corrected chi connectivity index (χ4v) is 0.260. The summed E-state index contributed by atoms with van der Waals surface area (Å²) in [5.74, 6) is 0. The van der Waals surface area contributed by atoms with E-state index in [0.717, 1.165) is 0 Å². The van der Waals surface area contributed by atoms with Gasteiger partial charge in [-0.2, -0.15) is 0 Å². The summed E-state index contributed by atoms with van der Waals surface area (Å²) in [6.45, 7) is 0.602. The van der Waals surface area contributed by atoms with E-state index in [9.17, 15) is 0 Å². The number of aliphatic hydroxyl groups is 1. The number of nitrogens with two attached hydrogens (primary N) is 1. The van der Waals surface area contributed by atoms with Crippen molar-refractivity contribution in [2.45, 2.75) is 6.10 Å². The number of methoxy groups -OCH3 is 1. The predicted octanol–water partition coefficient (Wildman–Crippen LogP) is -1.05. The van der Waals surface area contributed by atoms with E-state index in [-0.39, 0.29) is 6.54 Å². The summed E-state index contributed by atoms with van der Waals surface area (Å²) in [6.07, 6.45) is -0.495. The summed E-state index contributed by atoms with van der Waals surface area (Å²) in [4.78, 5) is 0. The molecular weight excluding hydrogens is 94.0 g/mol. The largest absolute Gasteiger partial charge is 0.389 e. The molecular formula is C4H11NO2. The highest BCUT2D eigenvalue weighted by molar-refractivity contribution is 4.50. The maximum absolute atomic E-state index is 8.61. The third-order valence-electron chi connectivity index (χ3n) is 0.631. The minimum absolute atomic E-state index is 0.272. The lowest BCUT2D eigenvalue weighted by Gasteiger charge is -2.02. The van der Waals surface area contributed by atoms with Crippen LogP contribution in [0.25, 0.3) is 0 Å². The maximum Gasteiger partial charge on any atom is 0.0895 e. The van der Waals surface area contributed by atoms with Crippen molar-refractivity contribution in [3.8, 4) is 0 Å². The average Bonchev–Trinajstić information content (AvgIpc) is 1.68. The van der Waals surface area contributed by atoms with E-state index in [1.807, 2.05) is 0 Å². The van der Waals surface area contributed by atoms with E-state index in [1.54, 1.807) is 0 Å². The van der Waals surface area contributed by atoms with Gasteiger partial charge in [0.2, 0.25) is 0 Å². The van der Waals surface area contributed by atoms with Gasteiger partial charge in [-0.3, -0.25) is 0 Å². The molecule has 0 saturated heterocycles. The zero-order valence-corrected chi connectivity index (χ0v) is 4.42. The number of hydrogen-bond donors (Lipinski definition) is 2. The van der Waals surface area contributed by atoms with E-state index in [0.29, 0.717) is 6.61 Å². The van der Waals surface area contributed by atoms with E-state index in [4.69, 9.17) is 10.8 Å². The SMILES string of the molecule is COC[C@H](O)CN. The lowest BCUT2D eigenvalue weighted by Crippen LogP contribution is -2.24. The molecule has 0 amide bonds. The van der Waals surface area contributed by atoms with Crippen LogP contribution in [0.3, 0.4) is 0 Å². The molecule has 0 fully saturated rings. The van der Waals surface area contributed by atoms with Crippen molar-refractivity contribution in [3.05, 3.63) is 0 Å². The van der Waals surface area contributed by atoms with E-state index < -0.39 is 6.10 Å². The molecule has 0 aromatic rings. The Balaban J connectivity index is 2.83. The van der Waals surface area contributed by atoms with Crippen LogP contribution < -0.4 is 5.73 Å². The van der Waals surface area contributed by atoms with Crippen molar-refractivity contribution in [1.29, 1.82) is 0 Å². The molecule has 0 saturated carbocycles. The Morgan fingerprint density at radius 3 is 2.57 bits per heavy atom. The van der Waals surface area contributed by atoms with Gasteiger partial charge >= 0.3 is 0 Å². The first-order chi connectivity index (χ1) is 3.31. The lowest BCUT2D eigenvalue weighted by atomic mass is 10.4. The molecule has 0 aliphatic carbocycles. The fourth-order valence-electron chi connectivity index (χ4n) is 0.260. The van der Waals surface area contributed by atoms with Gasteiger partial charge in [-0.15, -0.1) is 0 Å². The second-order valence-electron chi connectivity index (χ2n) is 1.34. The molecule has 1 atom stereocenters. The van der Waals surface area contributed by atoms with Crippen LogP contribution in [0.5, 0.6) is 0 Å². The second-order valence-corrected chi connectivity index (χ2v) is 1.34. The number of rotatable bonds is 3. The van der Waals surface area contributed by atoms with E-state index >= 15 is 0 Å². The van der Waals surface area contributed by atoms with Crippen LogP contribution in [-0.4, -0.2) is 31.5 Å². The third-order valence-corrected chi connectivity index (χ3v) is 0.631. The number of ether oxygens (including phenoxy) is 1. The van der Waals surface area contributed by atoms with Gasteiger partial charge in [0, 0.05) is 13.7 Å². The van der Waals surface area contributed by atoms with Crippen molar-refractivity contribution in [2.24, 2.45) is 5.73 Å². The van der Waals surface area contributed by atoms with Gasteiger partial charge in [0.25, 0.3) is 0 Å². The summed E-state index contributed by atoms with van der Waals surface area (Å²) >= 11 is 0. The highest BCUT2D eigenvalue weighted by atomic mass is 16.5. The Morgan fingerprint density at radius 1 is 1.86 bits per heavy atom. The molecule has 0 spiro atoms. The van der Waals surface area contributed by atoms with Crippen LogP contribution in [-0.2, 0) is 4.74 Å². The van der Waals surface area contributed by atoms with Crippen LogP contribution in [0.2, 0.25) is 0 Å². The predicted molar refractivity (Wildman–Crippen MR) is 26.9 cm³/mol. The Kier molecular flexibility index (Phi) is 3.98. The number of hydrogen-bond acceptors (Lipinski definition) is 3. The van der Waals surface area contributed by atoms with Crippen molar-refractivity contribution in [3.63, 3.8) is 0 Å². The minimum Gasteiger partial charge on any atom is -0.389 e. The zero-order chi connectivity index (χ0) is 5.70. The van der Waals surface area contributed by atoms with Crippen LogP contribution >= 0.6 is 0 Å². The van der Waals surface area contributed by atoms with Gasteiger partial charge in [-0.25, -0.2) is 0 Å². The van der Waals surface area contributed by atoms with Crippen LogP contribution in [0, 0.1) is 0 Å². The molecule has 44 valence electrons. The summed E-state index contributed by atoms with van der Waals surface area (Å²) in [5.41, 5.74) is 5.03. The van der Waals surface area contributed by atoms with Crippen LogP contribution in [0.4, 0.5) is 0 Å². The topological polar surface area (TPSA) is 55.5 Å². The summed E-state index contributed by atoms with van der Waals surface area (Å²) < 4.78 is 4.56. The molecule has 3 heteroatoms. The highest BCUT2D eigenvalue weighted by Crippen LogP contribution is 1.75. The van der Waals surface area contributed by atoms with Crippen molar-refractivity contribution in [1.82, 2.24) is 0 Å². The molecule has 7 heavy (non-hydrogen) atoms. The molecule has 0 heterocycles. The minimum atomic E-state index is -0.495.